The summed E-state index contributed by atoms with van der Waals surface area (Å²) in [4.78, 5) is 2.15. The summed E-state index contributed by atoms with van der Waals surface area (Å²) in [6.45, 7) is 5.48. The molecule has 1 rings (SSSR count). The number of aromatic nitrogens is 2. The highest BCUT2D eigenvalue weighted by molar-refractivity contribution is 5.49. The maximum absolute atomic E-state index is 9.33. The highest BCUT2D eigenvalue weighted by Gasteiger charge is 2.16. The van der Waals surface area contributed by atoms with Crippen LogP contribution in [0.25, 0.3) is 0 Å². The lowest BCUT2D eigenvalue weighted by molar-refractivity contribution is 0.186. The molecule has 1 unspecified atom stereocenters. The van der Waals surface area contributed by atoms with Crippen LogP contribution in [-0.2, 0) is 13.6 Å². The van der Waals surface area contributed by atoms with E-state index < -0.39 is 0 Å². The Kier molecular flexibility index (Phi) is 4.96. The molecule has 0 amide bonds. The zero-order chi connectivity index (χ0) is 13.0. The van der Waals surface area contributed by atoms with Gasteiger partial charge in [-0.05, 0) is 27.3 Å². The van der Waals surface area contributed by atoms with Gasteiger partial charge in [0.2, 0.25) is 0 Å². The van der Waals surface area contributed by atoms with Crippen LogP contribution in [0.3, 0.4) is 0 Å². The second kappa shape index (κ2) is 6.02. The van der Waals surface area contributed by atoms with Crippen molar-refractivity contribution in [3.8, 4) is 0 Å². The van der Waals surface area contributed by atoms with Gasteiger partial charge in [-0.25, -0.2) is 0 Å². The highest BCUT2D eigenvalue weighted by atomic mass is 16.3. The molecule has 1 aromatic heterocycles. The number of nitrogens with zero attached hydrogens (tertiary/aromatic N) is 3. The molecule has 0 fully saturated rings. The van der Waals surface area contributed by atoms with Gasteiger partial charge in [0.05, 0.1) is 11.8 Å². The van der Waals surface area contributed by atoms with Crippen molar-refractivity contribution in [1.29, 1.82) is 0 Å². The molecule has 0 bridgehead atoms. The first-order valence-electron chi connectivity index (χ1n) is 6.03. The minimum Gasteiger partial charge on any atom is -0.393 e. The lowest BCUT2D eigenvalue weighted by Gasteiger charge is -2.21. The Balaban J connectivity index is 2.87. The number of aryl methyl sites for hydroxylation is 2. The Labute approximate surface area is 103 Å². The van der Waals surface area contributed by atoms with Crippen LogP contribution in [0.5, 0.6) is 0 Å². The van der Waals surface area contributed by atoms with Crippen LogP contribution in [0.2, 0.25) is 0 Å². The van der Waals surface area contributed by atoms with Crippen LogP contribution >= 0.6 is 0 Å². The van der Waals surface area contributed by atoms with Crippen LogP contribution in [0.4, 0.5) is 5.82 Å². The summed E-state index contributed by atoms with van der Waals surface area (Å²) in [6.07, 6.45) is 0.499. The standard InChI is InChI=1S/C12H24N4O/c1-9(17)6-7-15(4)12-11(8-13-3)10(2)14-16(12)5/h9,13,17H,6-8H2,1-5H3. The summed E-state index contributed by atoms with van der Waals surface area (Å²) in [5.74, 6) is 1.12. The maximum atomic E-state index is 9.33. The van der Waals surface area contributed by atoms with E-state index in [9.17, 15) is 5.11 Å². The molecule has 0 aliphatic heterocycles. The first kappa shape index (κ1) is 14.0. The monoisotopic (exact) mass is 240 g/mol. The van der Waals surface area contributed by atoms with Crippen molar-refractivity contribution in [1.82, 2.24) is 15.1 Å². The second-order valence-corrected chi connectivity index (χ2v) is 4.60. The number of hydrogen-bond acceptors (Lipinski definition) is 4. The number of anilines is 1. The van der Waals surface area contributed by atoms with E-state index in [4.69, 9.17) is 0 Å². The average molecular weight is 240 g/mol. The number of nitrogens with one attached hydrogen (secondary N) is 1. The zero-order valence-electron chi connectivity index (χ0n) is 11.5. The molecule has 0 radical (unpaired) electrons. The van der Waals surface area contributed by atoms with E-state index in [2.05, 4.69) is 15.3 Å². The molecule has 1 heterocycles. The Hall–Kier alpha value is -1.07. The predicted molar refractivity (Wildman–Crippen MR) is 70.3 cm³/mol. The Morgan fingerprint density at radius 1 is 1.53 bits per heavy atom. The molecule has 5 nitrogen and oxygen atoms in total. The number of hydrogen-bond donors (Lipinski definition) is 2. The van der Waals surface area contributed by atoms with Crippen molar-refractivity contribution in [2.45, 2.75) is 32.9 Å². The minimum atomic E-state index is -0.264. The third kappa shape index (κ3) is 3.44. The third-order valence-corrected chi connectivity index (χ3v) is 2.91. The second-order valence-electron chi connectivity index (χ2n) is 4.60. The van der Waals surface area contributed by atoms with E-state index in [1.807, 2.05) is 39.7 Å². The quantitative estimate of drug-likeness (QED) is 0.767. The summed E-state index contributed by atoms with van der Waals surface area (Å²) >= 11 is 0. The SMILES string of the molecule is CNCc1c(C)nn(C)c1N(C)CCC(C)O. The van der Waals surface area contributed by atoms with E-state index in [-0.39, 0.29) is 6.10 Å². The fourth-order valence-electron chi connectivity index (χ4n) is 2.04. The lowest BCUT2D eigenvalue weighted by Crippen LogP contribution is -2.25. The van der Waals surface area contributed by atoms with Crippen molar-refractivity contribution in [3.05, 3.63) is 11.3 Å². The van der Waals surface area contributed by atoms with Crippen molar-refractivity contribution in [2.75, 3.05) is 25.5 Å². The van der Waals surface area contributed by atoms with Crippen molar-refractivity contribution >= 4 is 5.82 Å². The van der Waals surface area contributed by atoms with Gasteiger partial charge < -0.3 is 15.3 Å². The van der Waals surface area contributed by atoms with Crippen LogP contribution in [0.1, 0.15) is 24.6 Å². The van der Waals surface area contributed by atoms with Crippen molar-refractivity contribution < 1.29 is 5.11 Å². The molecule has 0 saturated heterocycles. The van der Waals surface area contributed by atoms with Crippen LogP contribution in [-0.4, -0.2) is 41.6 Å². The fourth-order valence-corrected chi connectivity index (χ4v) is 2.04. The van der Waals surface area contributed by atoms with E-state index in [1.54, 1.807) is 0 Å². The zero-order valence-corrected chi connectivity index (χ0v) is 11.5. The van der Waals surface area contributed by atoms with Crippen LogP contribution < -0.4 is 10.2 Å². The molecule has 1 atom stereocenters. The molecule has 0 aliphatic rings. The summed E-state index contributed by atoms with van der Waals surface area (Å²) in [5, 5.41) is 17.0. The van der Waals surface area contributed by atoms with Crippen LogP contribution in [0.15, 0.2) is 0 Å². The normalized spacial score (nSPS) is 12.8. The molecule has 2 N–H and O–H groups in total. The molecule has 98 valence electrons. The van der Waals surface area contributed by atoms with Crippen molar-refractivity contribution in [2.24, 2.45) is 7.05 Å². The highest BCUT2D eigenvalue weighted by Crippen LogP contribution is 2.22. The Morgan fingerprint density at radius 3 is 2.71 bits per heavy atom. The lowest BCUT2D eigenvalue weighted by atomic mass is 10.2. The van der Waals surface area contributed by atoms with Gasteiger partial charge >= 0.3 is 0 Å². The topological polar surface area (TPSA) is 53.3 Å². The first-order chi connectivity index (χ1) is 7.97. The Bertz CT molecular complexity index is 360. The Morgan fingerprint density at radius 2 is 2.18 bits per heavy atom. The molecule has 1 aromatic rings. The smallest absolute Gasteiger partial charge is 0.131 e. The number of aliphatic hydroxyl groups excluding tert-OH is 1. The summed E-state index contributed by atoms with van der Waals surface area (Å²) in [7, 11) is 5.93. The number of rotatable bonds is 6. The molecule has 0 saturated carbocycles. The average Bonchev–Trinajstić information content (AvgIpc) is 2.51. The van der Waals surface area contributed by atoms with E-state index >= 15 is 0 Å². The summed E-state index contributed by atoms with van der Waals surface area (Å²) in [6, 6.07) is 0. The minimum absolute atomic E-state index is 0.264. The molecule has 5 heteroatoms. The number of aliphatic hydroxyl groups is 1. The first-order valence-corrected chi connectivity index (χ1v) is 6.03. The van der Waals surface area contributed by atoms with Gasteiger partial charge in [0.1, 0.15) is 5.82 Å². The van der Waals surface area contributed by atoms with Crippen molar-refractivity contribution in [3.63, 3.8) is 0 Å². The van der Waals surface area contributed by atoms with Gasteiger partial charge in [-0.2, -0.15) is 5.10 Å². The predicted octanol–water partition coefficient (Wildman–Crippen LogP) is 0.655. The van der Waals surface area contributed by atoms with E-state index in [0.29, 0.717) is 0 Å². The largest absolute Gasteiger partial charge is 0.393 e. The molecule has 0 aromatic carbocycles. The van der Waals surface area contributed by atoms with E-state index in [0.717, 1.165) is 31.0 Å². The van der Waals surface area contributed by atoms with Gasteiger partial charge in [0.15, 0.2) is 0 Å². The third-order valence-electron chi connectivity index (χ3n) is 2.91. The molecule has 0 aliphatic carbocycles. The van der Waals surface area contributed by atoms with Gasteiger partial charge in [0, 0.05) is 32.7 Å². The maximum Gasteiger partial charge on any atom is 0.131 e. The van der Waals surface area contributed by atoms with Gasteiger partial charge in [-0.3, -0.25) is 4.68 Å². The van der Waals surface area contributed by atoms with E-state index in [1.165, 1.54) is 5.56 Å². The molecule has 0 spiro atoms. The van der Waals surface area contributed by atoms with Crippen LogP contribution in [0, 0.1) is 6.92 Å². The summed E-state index contributed by atoms with van der Waals surface area (Å²) < 4.78 is 1.91. The summed E-state index contributed by atoms with van der Waals surface area (Å²) in [5.41, 5.74) is 2.28. The van der Waals surface area contributed by atoms with Gasteiger partial charge in [-0.1, -0.05) is 0 Å². The fraction of sp³-hybridized carbons (Fsp3) is 0.750. The molecule has 17 heavy (non-hydrogen) atoms. The van der Waals surface area contributed by atoms with Gasteiger partial charge in [-0.15, -0.1) is 0 Å². The molecular formula is C12H24N4O. The molecular weight excluding hydrogens is 216 g/mol. The van der Waals surface area contributed by atoms with Gasteiger partial charge in [0.25, 0.3) is 0 Å².